The zero-order valence-corrected chi connectivity index (χ0v) is 13.2. The van der Waals surface area contributed by atoms with E-state index in [0.29, 0.717) is 11.3 Å². The molecule has 118 valence electrons. The van der Waals surface area contributed by atoms with Crippen molar-refractivity contribution in [1.29, 1.82) is 5.26 Å². The summed E-state index contributed by atoms with van der Waals surface area (Å²) in [7, 11) is -2.01. The number of non-ortho nitro benzene ring substituents is 1. The van der Waals surface area contributed by atoms with E-state index in [1.165, 1.54) is 18.2 Å². The molecule has 0 amide bonds. The van der Waals surface area contributed by atoms with E-state index < -0.39 is 14.8 Å². The van der Waals surface area contributed by atoms with Gasteiger partial charge in [0.2, 0.25) is 0 Å². The molecule has 0 aliphatic rings. The summed E-state index contributed by atoms with van der Waals surface area (Å²) in [5, 5.41) is 20.6. The number of aromatic nitrogens is 1. The van der Waals surface area contributed by atoms with Crippen LogP contribution >= 0.6 is 0 Å². The van der Waals surface area contributed by atoms with Crippen LogP contribution in [-0.4, -0.2) is 17.9 Å². The quantitative estimate of drug-likeness (QED) is 0.632. The van der Waals surface area contributed by atoms with Crippen LogP contribution in [0.1, 0.15) is 17.0 Å². The highest BCUT2D eigenvalue weighted by Gasteiger charge is 2.14. The Labute approximate surface area is 133 Å². The zero-order valence-electron chi connectivity index (χ0n) is 12.4. The normalized spacial score (nSPS) is 11.5. The maximum Gasteiger partial charge on any atom is 0.269 e. The van der Waals surface area contributed by atoms with E-state index in [0.717, 1.165) is 23.2 Å². The summed E-state index contributed by atoms with van der Waals surface area (Å²) in [5.74, 6) is 0. The molecule has 0 saturated heterocycles. The first-order chi connectivity index (χ1) is 10.8. The van der Waals surface area contributed by atoms with Crippen molar-refractivity contribution in [3.05, 3.63) is 62.8 Å². The highest BCUT2D eigenvalue weighted by atomic mass is 32.2. The number of nitro groups is 1. The first kappa shape index (κ1) is 16.5. The molecular weight excluding hydrogens is 318 g/mol. The van der Waals surface area contributed by atoms with Gasteiger partial charge < -0.3 is 4.57 Å². The van der Waals surface area contributed by atoms with E-state index in [9.17, 15) is 18.5 Å². The fraction of sp³-hybridized carbons (Fsp3) is 0.133. The molecule has 0 unspecified atom stereocenters. The minimum Gasteiger partial charge on any atom is -0.339 e. The average Bonchev–Trinajstić information content (AvgIpc) is 2.80. The number of benzene rings is 1. The lowest BCUT2D eigenvalue weighted by molar-refractivity contribution is -0.384. The van der Waals surface area contributed by atoms with Crippen LogP contribution in [0.4, 0.5) is 5.69 Å². The molecule has 0 aliphatic carbocycles. The summed E-state index contributed by atoms with van der Waals surface area (Å²) in [4.78, 5) is 9.96. The third-order valence-electron chi connectivity index (χ3n) is 3.49. The molecule has 0 N–H and O–H groups in total. The molecule has 0 spiro atoms. The molecule has 2 aromatic rings. The van der Waals surface area contributed by atoms with Crippen LogP contribution in [-0.2, 0) is 16.9 Å². The van der Waals surface area contributed by atoms with Crippen LogP contribution in [0.2, 0.25) is 0 Å². The average molecular weight is 331 g/mol. The van der Waals surface area contributed by atoms with Gasteiger partial charge in [-0.2, -0.15) is 5.26 Å². The Morgan fingerprint density at radius 3 is 2.39 bits per heavy atom. The van der Waals surface area contributed by atoms with E-state index in [2.05, 4.69) is 0 Å². The van der Waals surface area contributed by atoms with E-state index in [-0.39, 0.29) is 10.6 Å². The van der Waals surface area contributed by atoms with Crippen LogP contribution in [0.5, 0.6) is 0 Å². The Morgan fingerprint density at radius 2 is 1.91 bits per heavy atom. The largest absolute Gasteiger partial charge is 0.339 e. The molecule has 0 bridgehead atoms. The lowest BCUT2D eigenvalue weighted by Crippen LogP contribution is -1.97. The Balaban J connectivity index is 2.34. The van der Waals surface area contributed by atoms with Crippen molar-refractivity contribution >= 4 is 21.6 Å². The Bertz CT molecular complexity index is 932. The van der Waals surface area contributed by atoms with Gasteiger partial charge in [-0.15, -0.1) is 0 Å². The molecular formula is C15H13N3O4S. The number of hydrogen-bond donors (Lipinski definition) is 0. The third-order valence-corrected chi connectivity index (χ3v) is 4.92. The Kier molecular flexibility index (Phi) is 4.33. The van der Waals surface area contributed by atoms with Crippen LogP contribution in [0.15, 0.2) is 40.6 Å². The second-order valence-electron chi connectivity index (χ2n) is 4.84. The molecule has 0 saturated carbocycles. The summed E-state index contributed by atoms with van der Waals surface area (Å²) in [6.45, 7) is 1.78. The smallest absolute Gasteiger partial charge is 0.269 e. The summed E-state index contributed by atoms with van der Waals surface area (Å²) < 4.78 is 26.1. The SMILES string of the molecule is Cc1c(/C=C/S(=O)(=O)c2ccc([N+](=O)[O-])cc2)cc(C#N)n1C. The lowest BCUT2D eigenvalue weighted by Gasteiger charge is -2.00. The highest BCUT2D eigenvalue weighted by Crippen LogP contribution is 2.20. The van der Waals surface area contributed by atoms with Gasteiger partial charge in [-0.3, -0.25) is 10.1 Å². The standard InChI is InChI=1S/C15H13N3O4S/c1-11-12(9-14(10-16)17(11)2)7-8-23(21,22)15-5-3-13(4-6-15)18(19)20/h3-9H,1-2H3/b8-7+. The molecule has 0 atom stereocenters. The fourth-order valence-corrected chi connectivity index (χ4v) is 3.00. The molecule has 2 rings (SSSR count). The van der Waals surface area contributed by atoms with Gasteiger partial charge in [-0.1, -0.05) is 0 Å². The number of nitriles is 1. The predicted octanol–water partition coefficient (Wildman–Crippen LogP) is 2.56. The van der Waals surface area contributed by atoms with Crippen LogP contribution in [0.3, 0.4) is 0 Å². The molecule has 0 aliphatic heterocycles. The van der Waals surface area contributed by atoms with Gasteiger partial charge >= 0.3 is 0 Å². The molecule has 8 heteroatoms. The highest BCUT2D eigenvalue weighted by molar-refractivity contribution is 7.94. The lowest BCUT2D eigenvalue weighted by atomic mass is 10.2. The van der Waals surface area contributed by atoms with E-state index in [1.54, 1.807) is 24.6 Å². The molecule has 0 fully saturated rings. The van der Waals surface area contributed by atoms with E-state index in [4.69, 9.17) is 5.26 Å². The van der Waals surface area contributed by atoms with Crippen LogP contribution < -0.4 is 0 Å². The van der Waals surface area contributed by atoms with Gasteiger partial charge in [-0.25, -0.2) is 8.42 Å². The Hall–Kier alpha value is -2.92. The molecule has 0 radical (unpaired) electrons. The van der Waals surface area contributed by atoms with Crippen molar-refractivity contribution in [2.24, 2.45) is 7.05 Å². The van der Waals surface area contributed by atoms with Crippen LogP contribution in [0, 0.1) is 28.4 Å². The summed E-state index contributed by atoms with van der Waals surface area (Å²) in [5.41, 5.74) is 1.63. The monoisotopic (exact) mass is 331 g/mol. The number of hydrogen-bond acceptors (Lipinski definition) is 5. The zero-order chi connectivity index (χ0) is 17.2. The van der Waals surface area contributed by atoms with Crippen molar-refractivity contribution < 1.29 is 13.3 Å². The fourth-order valence-electron chi connectivity index (χ4n) is 2.00. The minimum atomic E-state index is -3.72. The van der Waals surface area contributed by atoms with Crippen molar-refractivity contribution in [1.82, 2.24) is 4.57 Å². The molecule has 23 heavy (non-hydrogen) atoms. The molecule has 1 aromatic carbocycles. The number of nitrogens with zero attached hydrogens (tertiary/aromatic N) is 3. The van der Waals surface area contributed by atoms with Gasteiger partial charge in [0, 0.05) is 30.3 Å². The Morgan fingerprint density at radius 1 is 1.30 bits per heavy atom. The number of nitro benzene ring substituents is 1. The third kappa shape index (κ3) is 3.30. The summed E-state index contributed by atoms with van der Waals surface area (Å²) in [6, 6.07) is 8.28. The van der Waals surface area contributed by atoms with Gasteiger partial charge in [0.25, 0.3) is 5.69 Å². The summed E-state index contributed by atoms with van der Waals surface area (Å²) in [6.07, 6.45) is 1.41. The van der Waals surface area contributed by atoms with Crippen molar-refractivity contribution in [3.8, 4) is 6.07 Å². The van der Waals surface area contributed by atoms with Gasteiger partial charge in [0.1, 0.15) is 11.8 Å². The van der Waals surface area contributed by atoms with E-state index >= 15 is 0 Å². The van der Waals surface area contributed by atoms with Gasteiger partial charge in [0.15, 0.2) is 9.84 Å². The topological polar surface area (TPSA) is 106 Å². The van der Waals surface area contributed by atoms with Crippen molar-refractivity contribution in [2.45, 2.75) is 11.8 Å². The first-order valence-corrected chi connectivity index (χ1v) is 8.05. The van der Waals surface area contributed by atoms with Gasteiger partial charge in [0.05, 0.1) is 9.82 Å². The maximum atomic E-state index is 12.2. The minimum absolute atomic E-state index is 0.0339. The van der Waals surface area contributed by atoms with E-state index in [1.807, 2.05) is 6.07 Å². The second kappa shape index (κ2) is 6.06. The molecule has 7 nitrogen and oxygen atoms in total. The van der Waals surface area contributed by atoms with Crippen molar-refractivity contribution in [3.63, 3.8) is 0 Å². The maximum absolute atomic E-state index is 12.2. The molecule has 1 heterocycles. The summed E-state index contributed by atoms with van der Waals surface area (Å²) >= 11 is 0. The van der Waals surface area contributed by atoms with Crippen LogP contribution in [0.25, 0.3) is 6.08 Å². The number of sulfone groups is 1. The van der Waals surface area contributed by atoms with Gasteiger partial charge in [-0.05, 0) is 36.8 Å². The molecule has 1 aromatic heterocycles. The predicted molar refractivity (Wildman–Crippen MR) is 84.2 cm³/mol. The second-order valence-corrected chi connectivity index (χ2v) is 6.67. The number of rotatable bonds is 4. The first-order valence-electron chi connectivity index (χ1n) is 6.50. The van der Waals surface area contributed by atoms with Crippen molar-refractivity contribution in [2.75, 3.05) is 0 Å².